The van der Waals surface area contributed by atoms with Crippen molar-refractivity contribution in [3.8, 4) is 0 Å². The summed E-state index contributed by atoms with van der Waals surface area (Å²) in [4.78, 5) is 30.5. The zero-order chi connectivity index (χ0) is 30.9. The average molecular weight is 612 g/mol. The van der Waals surface area contributed by atoms with E-state index in [1.165, 1.54) is 14.6 Å². The molecule has 3 N–H and O–H groups in total. The topological polar surface area (TPSA) is 125 Å². The zero-order valence-electron chi connectivity index (χ0n) is 24.3. The highest BCUT2D eigenvalue weighted by Crippen LogP contribution is 2.38. The molecule has 232 valence electrons. The van der Waals surface area contributed by atoms with Crippen LogP contribution in [-0.4, -0.2) is 67.2 Å². The molecule has 2 fully saturated rings. The third-order valence-electron chi connectivity index (χ3n) is 8.83. The fourth-order valence-corrected chi connectivity index (χ4v) is 7.46. The summed E-state index contributed by atoms with van der Waals surface area (Å²) >= 11 is 0. The van der Waals surface area contributed by atoms with Gasteiger partial charge < -0.3 is 16.0 Å². The van der Waals surface area contributed by atoms with Crippen LogP contribution in [0.4, 0.5) is 18.0 Å². The van der Waals surface area contributed by atoms with Gasteiger partial charge in [-0.15, -0.1) is 0 Å². The summed E-state index contributed by atoms with van der Waals surface area (Å²) in [6.07, 6.45) is 0.0497. The number of nitrogens with two attached hydrogens (primary N) is 1. The average Bonchev–Trinajstić information content (AvgIpc) is 3.22. The second-order valence-corrected chi connectivity index (χ2v) is 13.8. The maximum atomic E-state index is 13.2. The van der Waals surface area contributed by atoms with Gasteiger partial charge >= 0.3 is 12.2 Å². The standard InChI is InChI=1S/C29H40F3N5O4S/c1-19-16-22(18-36(3)27(33)39)17-20(2)24(19)9-15-42(40,41)37-13-11-28(12-14-37)26(38)34-25(35-28)23-6-4-21(5-7-23)8-10-29(30,31)32/h9,15-17,21,23H,4-8,10-14,18H2,1-3H3,(H2,33,39)(H,34,35,38). The molecule has 3 aliphatic rings. The molecule has 0 atom stereocenters. The van der Waals surface area contributed by atoms with E-state index in [9.17, 15) is 31.2 Å². The number of carbonyl (C=O) groups is 2. The van der Waals surface area contributed by atoms with Crippen LogP contribution >= 0.6 is 0 Å². The summed E-state index contributed by atoms with van der Waals surface area (Å²) in [6, 6.07) is 3.26. The largest absolute Gasteiger partial charge is 0.389 e. The van der Waals surface area contributed by atoms with Gasteiger partial charge in [0.05, 0.1) is 0 Å². The Morgan fingerprint density at radius 3 is 2.31 bits per heavy atom. The minimum atomic E-state index is -4.14. The second kappa shape index (κ2) is 12.4. The monoisotopic (exact) mass is 611 g/mol. The maximum absolute atomic E-state index is 13.2. The first-order valence-electron chi connectivity index (χ1n) is 14.4. The minimum Gasteiger partial charge on any atom is -0.351 e. The van der Waals surface area contributed by atoms with Crippen LogP contribution in [0.3, 0.4) is 0 Å². The molecule has 42 heavy (non-hydrogen) atoms. The highest BCUT2D eigenvalue weighted by atomic mass is 32.2. The van der Waals surface area contributed by atoms with Crippen molar-refractivity contribution in [3.05, 3.63) is 39.8 Å². The van der Waals surface area contributed by atoms with Crippen LogP contribution in [0.5, 0.6) is 0 Å². The Bertz CT molecular complexity index is 1340. The van der Waals surface area contributed by atoms with Crippen LogP contribution in [0.15, 0.2) is 22.5 Å². The number of sulfonamides is 1. The van der Waals surface area contributed by atoms with Gasteiger partial charge in [-0.25, -0.2) is 13.2 Å². The number of hydrogen-bond donors (Lipinski definition) is 2. The number of piperidine rings is 1. The molecule has 13 heteroatoms. The van der Waals surface area contributed by atoms with Crippen molar-refractivity contribution in [3.63, 3.8) is 0 Å². The van der Waals surface area contributed by atoms with Gasteiger partial charge in [0, 0.05) is 44.4 Å². The molecule has 9 nitrogen and oxygen atoms in total. The number of benzene rings is 1. The summed E-state index contributed by atoms with van der Waals surface area (Å²) in [5.41, 5.74) is 7.71. The molecule has 2 heterocycles. The molecule has 0 unspecified atom stereocenters. The van der Waals surface area contributed by atoms with Crippen molar-refractivity contribution in [2.24, 2.45) is 22.6 Å². The van der Waals surface area contributed by atoms with Crippen LogP contribution in [0.1, 0.15) is 73.6 Å². The van der Waals surface area contributed by atoms with Gasteiger partial charge in [0.1, 0.15) is 11.4 Å². The van der Waals surface area contributed by atoms with E-state index in [2.05, 4.69) is 5.32 Å². The normalized spacial score (nSPS) is 23.3. The van der Waals surface area contributed by atoms with Crippen LogP contribution in [-0.2, 0) is 21.4 Å². The predicted octanol–water partition coefficient (Wildman–Crippen LogP) is 4.63. The summed E-state index contributed by atoms with van der Waals surface area (Å²) in [6.45, 7) is 4.40. The Balaban J connectivity index is 1.36. The van der Waals surface area contributed by atoms with Crippen molar-refractivity contribution < 1.29 is 31.2 Å². The van der Waals surface area contributed by atoms with Gasteiger partial charge in [-0.05, 0) is 93.0 Å². The number of amides is 3. The van der Waals surface area contributed by atoms with E-state index in [1.807, 2.05) is 26.0 Å². The number of nitrogens with one attached hydrogen (secondary N) is 1. The van der Waals surface area contributed by atoms with E-state index >= 15 is 0 Å². The molecule has 2 aliphatic heterocycles. The Labute approximate surface area is 245 Å². The van der Waals surface area contributed by atoms with E-state index in [4.69, 9.17) is 10.7 Å². The molecule has 0 bridgehead atoms. The third-order valence-corrected chi connectivity index (χ3v) is 10.4. The number of aryl methyl sites for hydroxylation is 2. The zero-order valence-corrected chi connectivity index (χ0v) is 25.2. The lowest BCUT2D eigenvalue weighted by atomic mass is 9.79. The number of urea groups is 1. The van der Waals surface area contributed by atoms with Crippen molar-refractivity contribution in [1.82, 2.24) is 14.5 Å². The maximum Gasteiger partial charge on any atom is 0.389 e. The fourth-order valence-electron chi connectivity index (χ4n) is 6.29. The number of alkyl halides is 3. The van der Waals surface area contributed by atoms with Crippen LogP contribution in [0.25, 0.3) is 6.08 Å². The molecular formula is C29H40F3N5O4S. The number of hydrogen-bond acceptors (Lipinski definition) is 5. The van der Waals surface area contributed by atoms with Gasteiger partial charge in [0.2, 0.25) is 10.0 Å². The van der Waals surface area contributed by atoms with Gasteiger partial charge in [-0.2, -0.15) is 17.5 Å². The number of nitrogens with zero attached hydrogens (tertiary/aromatic N) is 3. The molecule has 4 rings (SSSR count). The first kappa shape index (κ1) is 32.0. The Kier molecular flexibility index (Phi) is 9.41. The van der Waals surface area contributed by atoms with Crippen LogP contribution in [0.2, 0.25) is 0 Å². The molecule has 1 spiro atoms. The third kappa shape index (κ3) is 7.52. The lowest BCUT2D eigenvalue weighted by molar-refractivity contribution is -0.138. The fraction of sp³-hybridized carbons (Fsp3) is 0.621. The summed E-state index contributed by atoms with van der Waals surface area (Å²) in [5.74, 6) is 0.416. The molecule has 1 saturated carbocycles. The van der Waals surface area contributed by atoms with Crippen molar-refractivity contribution in [2.45, 2.75) is 83.5 Å². The number of carbonyl (C=O) groups excluding carboxylic acids is 2. The number of amidine groups is 1. The minimum absolute atomic E-state index is 0.00854. The summed E-state index contributed by atoms with van der Waals surface area (Å²) in [7, 11) is -2.15. The molecule has 1 aromatic carbocycles. The quantitative estimate of drug-likeness (QED) is 0.445. The van der Waals surface area contributed by atoms with E-state index in [0.717, 1.165) is 22.3 Å². The van der Waals surface area contributed by atoms with E-state index in [-0.39, 0.29) is 50.1 Å². The van der Waals surface area contributed by atoms with Gasteiger partial charge in [0.25, 0.3) is 5.91 Å². The van der Waals surface area contributed by atoms with E-state index in [1.54, 1.807) is 13.1 Å². The molecule has 1 saturated heterocycles. The Hall–Kier alpha value is -2.93. The number of aliphatic imine (C=N–C) groups is 1. The van der Waals surface area contributed by atoms with Gasteiger partial charge in [-0.3, -0.25) is 9.79 Å². The Morgan fingerprint density at radius 1 is 1.17 bits per heavy atom. The number of rotatable bonds is 8. The summed E-state index contributed by atoms with van der Waals surface area (Å²) < 4.78 is 65.5. The SMILES string of the molecule is Cc1cc(CN(C)C(N)=O)cc(C)c1C=CS(=O)(=O)N1CCC2(CC1)N=C(C1CCC(CCC(F)(F)F)CC1)NC2=O. The number of primary amides is 1. The Morgan fingerprint density at radius 2 is 1.76 bits per heavy atom. The highest BCUT2D eigenvalue weighted by molar-refractivity contribution is 7.92. The number of halogens is 3. The van der Waals surface area contributed by atoms with Crippen LogP contribution < -0.4 is 11.1 Å². The van der Waals surface area contributed by atoms with Crippen molar-refractivity contribution >= 4 is 33.9 Å². The van der Waals surface area contributed by atoms with Gasteiger partial charge in [-0.1, -0.05) is 12.1 Å². The molecular weight excluding hydrogens is 571 g/mol. The predicted molar refractivity (Wildman–Crippen MR) is 155 cm³/mol. The first-order chi connectivity index (χ1) is 19.6. The second-order valence-electron chi connectivity index (χ2n) is 11.9. The lowest BCUT2D eigenvalue weighted by Crippen LogP contribution is -2.50. The molecule has 0 radical (unpaired) electrons. The lowest BCUT2D eigenvalue weighted by Gasteiger charge is -2.34. The van der Waals surface area contributed by atoms with Crippen molar-refractivity contribution in [1.29, 1.82) is 0 Å². The molecule has 3 amide bonds. The first-order valence-corrected chi connectivity index (χ1v) is 15.9. The molecule has 0 aromatic heterocycles. The molecule has 1 aliphatic carbocycles. The van der Waals surface area contributed by atoms with E-state index < -0.39 is 34.2 Å². The smallest absolute Gasteiger partial charge is 0.351 e. The summed E-state index contributed by atoms with van der Waals surface area (Å²) in [5, 5.41) is 4.10. The van der Waals surface area contributed by atoms with Crippen LogP contribution in [0, 0.1) is 25.7 Å². The van der Waals surface area contributed by atoms with E-state index in [0.29, 0.717) is 38.1 Å². The van der Waals surface area contributed by atoms with Crippen molar-refractivity contribution in [2.75, 3.05) is 20.1 Å². The van der Waals surface area contributed by atoms with Gasteiger partial charge in [0.15, 0.2) is 0 Å². The highest BCUT2D eigenvalue weighted by Gasteiger charge is 2.48. The molecule has 1 aromatic rings.